The maximum atomic E-state index is 13.0. The summed E-state index contributed by atoms with van der Waals surface area (Å²) in [6, 6.07) is 12.8. The number of nitrogens with zero attached hydrogens (tertiary/aromatic N) is 3. The number of halogens is 1. The fourth-order valence-electron chi connectivity index (χ4n) is 2.59. The average Bonchev–Trinajstić information content (AvgIpc) is 2.66. The molecule has 3 rings (SSSR count). The molecule has 5 nitrogen and oxygen atoms in total. The quantitative estimate of drug-likeness (QED) is 0.456. The van der Waals surface area contributed by atoms with Crippen molar-refractivity contribution in [1.29, 1.82) is 0 Å². The summed E-state index contributed by atoms with van der Waals surface area (Å²) in [7, 11) is 0. The van der Waals surface area contributed by atoms with Crippen LogP contribution in [0, 0.1) is 12.3 Å². The fraction of sp³-hybridized carbons (Fsp3) is 0.190. The first-order valence-electron chi connectivity index (χ1n) is 8.42. The number of hydrogen-bond donors (Lipinski definition) is 0. The van der Waals surface area contributed by atoms with Crippen LogP contribution in [0.2, 0.25) is 0 Å². The third-order valence-electron chi connectivity index (χ3n) is 3.85. The van der Waals surface area contributed by atoms with E-state index in [0.717, 1.165) is 10.0 Å². The van der Waals surface area contributed by atoms with Crippen LogP contribution in [0.15, 0.2) is 56.8 Å². The lowest BCUT2D eigenvalue weighted by molar-refractivity contribution is 0.370. The van der Waals surface area contributed by atoms with Crippen LogP contribution < -0.4 is 10.3 Å². The van der Waals surface area contributed by atoms with E-state index < -0.39 is 0 Å². The van der Waals surface area contributed by atoms with E-state index in [-0.39, 0.29) is 18.1 Å². The van der Waals surface area contributed by atoms with Crippen LogP contribution in [-0.4, -0.2) is 22.5 Å². The summed E-state index contributed by atoms with van der Waals surface area (Å²) in [4.78, 5) is 17.6. The smallest absolute Gasteiger partial charge is 0.282 e. The van der Waals surface area contributed by atoms with Crippen molar-refractivity contribution in [2.75, 3.05) is 6.61 Å². The van der Waals surface area contributed by atoms with Crippen molar-refractivity contribution in [2.24, 2.45) is 5.10 Å². The molecule has 3 aromatic rings. The molecular formula is C21H18BrN3O2. The molecule has 0 saturated heterocycles. The van der Waals surface area contributed by atoms with Crippen LogP contribution in [0.5, 0.6) is 5.75 Å². The first-order valence-corrected chi connectivity index (χ1v) is 9.22. The lowest BCUT2D eigenvalue weighted by Gasteiger charge is -2.12. The van der Waals surface area contributed by atoms with Crippen LogP contribution in [0.25, 0.3) is 10.9 Å². The maximum absolute atomic E-state index is 13.0. The van der Waals surface area contributed by atoms with Crippen molar-refractivity contribution in [3.05, 3.63) is 68.7 Å². The summed E-state index contributed by atoms with van der Waals surface area (Å²) in [5.41, 5.74) is 1.24. The molecule has 0 amide bonds. The third-order valence-corrected chi connectivity index (χ3v) is 4.35. The van der Waals surface area contributed by atoms with Gasteiger partial charge < -0.3 is 4.74 Å². The van der Waals surface area contributed by atoms with Gasteiger partial charge in [-0.05, 0) is 35.9 Å². The summed E-state index contributed by atoms with van der Waals surface area (Å²) < 4.78 is 7.60. The summed E-state index contributed by atoms with van der Waals surface area (Å²) in [6.07, 6.45) is 6.83. The van der Waals surface area contributed by atoms with Crippen molar-refractivity contribution in [2.45, 2.75) is 19.8 Å². The monoisotopic (exact) mass is 423 g/mol. The lowest BCUT2D eigenvalue weighted by atomic mass is 10.2. The second-order valence-electron chi connectivity index (χ2n) is 6.21. The van der Waals surface area contributed by atoms with Crippen LogP contribution in [0.1, 0.15) is 31.2 Å². The zero-order valence-corrected chi connectivity index (χ0v) is 16.6. The topological polar surface area (TPSA) is 56.5 Å². The zero-order valence-electron chi connectivity index (χ0n) is 15.0. The molecule has 0 bridgehead atoms. The highest BCUT2D eigenvalue weighted by Crippen LogP contribution is 2.19. The van der Waals surface area contributed by atoms with E-state index in [1.807, 2.05) is 50.2 Å². The highest BCUT2D eigenvalue weighted by Gasteiger charge is 2.13. The van der Waals surface area contributed by atoms with Crippen molar-refractivity contribution >= 4 is 33.0 Å². The van der Waals surface area contributed by atoms with Gasteiger partial charge in [0.25, 0.3) is 5.56 Å². The zero-order chi connectivity index (χ0) is 19.4. The number of terminal acetylenes is 1. The Morgan fingerprint density at radius 3 is 2.89 bits per heavy atom. The molecule has 2 aromatic carbocycles. The fourth-order valence-corrected chi connectivity index (χ4v) is 2.95. The number of ether oxygens (including phenoxy) is 1. The first kappa shape index (κ1) is 18.9. The van der Waals surface area contributed by atoms with Crippen LogP contribution in [0.4, 0.5) is 0 Å². The molecule has 0 N–H and O–H groups in total. The van der Waals surface area contributed by atoms with Gasteiger partial charge in [-0.15, -0.1) is 6.42 Å². The number of hydrogen-bond acceptors (Lipinski definition) is 4. The molecule has 0 atom stereocenters. The molecular weight excluding hydrogens is 406 g/mol. The van der Waals surface area contributed by atoms with E-state index in [4.69, 9.17) is 11.2 Å². The molecule has 0 aliphatic rings. The van der Waals surface area contributed by atoms with Gasteiger partial charge in [-0.2, -0.15) is 9.78 Å². The normalized spacial score (nSPS) is 11.2. The van der Waals surface area contributed by atoms with E-state index in [0.29, 0.717) is 22.5 Å². The average molecular weight is 424 g/mol. The number of fused-ring (bicyclic) bond motifs is 1. The molecule has 136 valence electrons. The Balaban J connectivity index is 2.07. The van der Waals surface area contributed by atoms with Crippen molar-refractivity contribution < 1.29 is 4.74 Å². The van der Waals surface area contributed by atoms with Gasteiger partial charge in [-0.3, -0.25) is 4.79 Å². The number of benzene rings is 2. The maximum Gasteiger partial charge on any atom is 0.282 e. The Hall–Kier alpha value is -2.91. The first-order chi connectivity index (χ1) is 13.0. The van der Waals surface area contributed by atoms with E-state index in [9.17, 15) is 4.79 Å². The Morgan fingerprint density at radius 1 is 1.33 bits per heavy atom. The van der Waals surface area contributed by atoms with E-state index in [2.05, 4.69) is 31.9 Å². The summed E-state index contributed by atoms with van der Waals surface area (Å²) in [6.45, 7) is 4.15. The minimum absolute atomic E-state index is 0.0354. The minimum atomic E-state index is -0.207. The van der Waals surface area contributed by atoms with Crippen LogP contribution in [-0.2, 0) is 0 Å². The van der Waals surface area contributed by atoms with Gasteiger partial charge in [0.15, 0.2) is 0 Å². The van der Waals surface area contributed by atoms with Gasteiger partial charge in [0.2, 0.25) is 0 Å². The number of aromatic nitrogens is 2. The largest absolute Gasteiger partial charge is 0.481 e. The molecule has 0 fully saturated rings. The SMILES string of the molecule is C#CCOc1cccc(C=Nn2c(C(C)C)nc3ccc(Br)cc3c2=O)c1. The van der Waals surface area contributed by atoms with E-state index >= 15 is 0 Å². The Labute approximate surface area is 165 Å². The van der Waals surface area contributed by atoms with Crippen molar-refractivity contribution in [3.63, 3.8) is 0 Å². The van der Waals surface area contributed by atoms with Gasteiger partial charge >= 0.3 is 0 Å². The van der Waals surface area contributed by atoms with Gasteiger partial charge in [-0.25, -0.2) is 4.98 Å². The molecule has 0 saturated carbocycles. The van der Waals surface area contributed by atoms with Crippen LogP contribution >= 0.6 is 15.9 Å². The molecule has 6 heteroatoms. The molecule has 0 radical (unpaired) electrons. The molecule has 1 aromatic heterocycles. The molecule has 0 aliphatic heterocycles. The van der Waals surface area contributed by atoms with Crippen molar-refractivity contribution in [1.82, 2.24) is 9.66 Å². The number of rotatable bonds is 5. The van der Waals surface area contributed by atoms with Gasteiger partial charge in [0.1, 0.15) is 18.2 Å². The predicted octanol–water partition coefficient (Wildman–Crippen LogP) is 4.18. The molecule has 0 unspecified atom stereocenters. The minimum Gasteiger partial charge on any atom is -0.481 e. The molecule has 0 spiro atoms. The summed E-state index contributed by atoms with van der Waals surface area (Å²) in [5, 5.41) is 4.92. The van der Waals surface area contributed by atoms with Crippen LogP contribution in [0.3, 0.4) is 0 Å². The second kappa shape index (κ2) is 8.19. The Kier molecular flexibility index (Phi) is 5.72. The Bertz CT molecular complexity index is 1110. The van der Waals surface area contributed by atoms with E-state index in [1.54, 1.807) is 12.3 Å². The van der Waals surface area contributed by atoms with Gasteiger partial charge in [-0.1, -0.05) is 47.8 Å². The highest BCUT2D eigenvalue weighted by molar-refractivity contribution is 9.10. The summed E-state index contributed by atoms with van der Waals surface area (Å²) in [5.74, 6) is 3.71. The van der Waals surface area contributed by atoms with E-state index in [1.165, 1.54) is 4.68 Å². The molecule has 1 heterocycles. The van der Waals surface area contributed by atoms with Gasteiger partial charge in [0.05, 0.1) is 17.1 Å². The standard InChI is InChI=1S/C21H18BrN3O2/c1-4-10-27-17-7-5-6-15(11-17)13-23-25-20(14(2)3)24-19-9-8-16(22)12-18(19)21(25)26/h1,5-9,11-14H,10H2,2-3H3. The Morgan fingerprint density at radius 2 is 2.15 bits per heavy atom. The van der Waals surface area contributed by atoms with Gasteiger partial charge in [0, 0.05) is 10.4 Å². The summed E-state index contributed by atoms with van der Waals surface area (Å²) >= 11 is 3.40. The predicted molar refractivity (Wildman–Crippen MR) is 112 cm³/mol. The highest BCUT2D eigenvalue weighted by atomic mass is 79.9. The second-order valence-corrected chi connectivity index (χ2v) is 7.13. The lowest BCUT2D eigenvalue weighted by Crippen LogP contribution is -2.23. The third kappa shape index (κ3) is 4.26. The van der Waals surface area contributed by atoms with Crippen molar-refractivity contribution in [3.8, 4) is 18.1 Å². The molecule has 27 heavy (non-hydrogen) atoms. The molecule has 0 aliphatic carbocycles.